The van der Waals surface area contributed by atoms with Gasteiger partial charge in [0, 0.05) is 17.3 Å². The number of rotatable bonds is 7. The summed E-state index contributed by atoms with van der Waals surface area (Å²) in [5.74, 6) is -0.375. The van der Waals surface area contributed by atoms with E-state index in [0.717, 1.165) is 6.26 Å². The van der Waals surface area contributed by atoms with Gasteiger partial charge in [0.1, 0.15) is 0 Å². The molecule has 0 saturated heterocycles. The minimum Gasteiger partial charge on any atom is -0.478 e. The first kappa shape index (κ1) is 18.4. The maximum atomic E-state index is 12.1. The maximum Gasteiger partial charge on any atom is 0.311 e. The first-order valence-electron chi connectivity index (χ1n) is 7.14. The van der Waals surface area contributed by atoms with Gasteiger partial charge in [0.05, 0.1) is 11.2 Å². The third-order valence-corrected chi connectivity index (χ3v) is 3.79. The smallest absolute Gasteiger partial charge is 0.311 e. The molecule has 0 radical (unpaired) electrons. The SMILES string of the molecule is Cc1ccc(OCC(=O)c2ccc(NS(C)(=O)=O)cc2)c([N+](=O)[O-])c1. The summed E-state index contributed by atoms with van der Waals surface area (Å²) in [6, 6.07) is 10.3. The summed E-state index contributed by atoms with van der Waals surface area (Å²) in [7, 11) is -3.40. The van der Waals surface area contributed by atoms with Crippen molar-refractivity contribution in [2.75, 3.05) is 17.6 Å². The number of sulfonamides is 1. The molecule has 1 N–H and O–H groups in total. The molecule has 25 heavy (non-hydrogen) atoms. The van der Waals surface area contributed by atoms with Gasteiger partial charge >= 0.3 is 5.69 Å². The van der Waals surface area contributed by atoms with E-state index < -0.39 is 14.9 Å². The maximum absolute atomic E-state index is 12.1. The molecule has 0 spiro atoms. The molecule has 2 aromatic rings. The molecule has 0 aliphatic rings. The Kier molecular flexibility index (Phi) is 5.38. The molecule has 0 aliphatic heterocycles. The number of benzene rings is 2. The van der Waals surface area contributed by atoms with Gasteiger partial charge in [-0.25, -0.2) is 8.42 Å². The lowest BCUT2D eigenvalue weighted by atomic mass is 10.1. The van der Waals surface area contributed by atoms with Gasteiger partial charge in [0.2, 0.25) is 10.0 Å². The largest absolute Gasteiger partial charge is 0.478 e. The van der Waals surface area contributed by atoms with Crippen LogP contribution in [0.5, 0.6) is 5.75 Å². The zero-order valence-corrected chi connectivity index (χ0v) is 14.4. The Labute approximate surface area is 144 Å². The van der Waals surface area contributed by atoms with Crippen molar-refractivity contribution in [2.45, 2.75) is 6.92 Å². The number of carbonyl (C=O) groups excluding carboxylic acids is 1. The zero-order valence-electron chi connectivity index (χ0n) is 13.6. The van der Waals surface area contributed by atoms with Gasteiger partial charge in [0.15, 0.2) is 18.1 Å². The number of hydrogen-bond acceptors (Lipinski definition) is 6. The van der Waals surface area contributed by atoms with E-state index in [2.05, 4.69) is 4.72 Å². The van der Waals surface area contributed by atoms with Crippen LogP contribution in [0.15, 0.2) is 42.5 Å². The lowest BCUT2D eigenvalue weighted by molar-refractivity contribution is -0.385. The number of aryl methyl sites for hydroxylation is 1. The van der Waals surface area contributed by atoms with E-state index in [0.29, 0.717) is 16.8 Å². The molecule has 9 heteroatoms. The third kappa shape index (κ3) is 5.28. The molecule has 0 amide bonds. The summed E-state index contributed by atoms with van der Waals surface area (Å²) in [5, 5.41) is 11.0. The van der Waals surface area contributed by atoms with Crippen molar-refractivity contribution in [3.05, 3.63) is 63.7 Å². The summed E-state index contributed by atoms with van der Waals surface area (Å²) in [6.45, 7) is 1.34. The van der Waals surface area contributed by atoms with E-state index in [-0.39, 0.29) is 23.8 Å². The highest BCUT2D eigenvalue weighted by atomic mass is 32.2. The van der Waals surface area contributed by atoms with E-state index in [1.807, 2.05) is 0 Å². The van der Waals surface area contributed by atoms with Crippen LogP contribution in [0.25, 0.3) is 0 Å². The average Bonchev–Trinajstić information content (AvgIpc) is 2.52. The third-order valence-electron chi connectivity index (χ3n) is 3.18. The van der Waals surface area contributed by atoms with Crippen molar-refractivity contribution >= 4 is 27.2 Å². The second-order valence-corrected chi connectivity index (χ2v) is 7.14. The topological polar surface area (TPSA) is 116 Å². The zero-order chi connectivity index (χ0) is 18.6. The number of Topliss-reactive ketones (excluding diaryl/α,β-unsaturated/α-hetero) is 1. The van der Waals surface area contributed by atoms with Gasteiger partial charge in [0.25, 0.3) is 0 Å². The highest BCUT2D eigenvalue weighted by molar-refractivity contribution is 7.92. The minimum absolute atomic E-state index is 0.0133. The van der Waals surface area contributed by atoms with Crippen molar-refractivity contribution in [3.8, 4) is 5.75 Å². The number of nitro benzene ring substituents is 1. The van der Waals surface area contributed by atoms with Crippen LogP contribution in [0.2, 0.25) is 0 Å². The van der Waals surface area contributed by atoms with E-state index in [9.17, 15) is 23.3 Å². The fraction of sp³-hybridized carbons (Fsp3) is 0.188. The standard InChI is InChI=1S/C16H16N2O6S/c1-11-3-8-16(14(9-11)18(20)21)24-10-15(19)12-4-6-13(7-5-12)17-25(2,22)23/h3-9,17H,10H2,1-2H3. The Balaban J connectivity index is 2.07. The molecule has 0 aliphatic carbocycles. The van der Waals surface area contributed by atoms with Crippen molar-refractivity contribution in [1.29, 1.82) is 0 Å². The number of nitrogens with zero attached hydrogens (tertiary/aromatic N) is 1. The molecule has 0 unspecified atom stereocenters. The van der Waals surface area contributed by atoms with Gasteiger partial charge in [-0.05, 0) is 42.8 Å². The number of ether oxygens (including phenoxy) is 1. The van der Waals surface area contributed by atoms with Crippen molar-refractivity contribution in [1.82, 2.24) is 0 Å². The fourth-order valence-corrected chi connectivity index (χ4v) is 2.62. The normalized spacial score (nSPS) is 11.0. The predicted molar refractivity (Wildman–Crippen MR) is 92.6 cm³/mol. The summed E-state index contributed by atoms with van der Waals surface area (Å²) in [6.07, 6.45) is 1.02. The number of nitro groups is 1. The highest BCUT2D eigenvalue weighted by Gasteiger charge is 2.17. The number of hydrogen-bond donors (Lipinski definition) is 1. The van der Waals surface area contributed by atoms with E-state index in [4.69, 9.17) is 4.74 Å². The Morgan fingerprint density at radius 3 is 2.40 bits per heavy atom. The van der Waals surface area contributed by atoms with Gasteiger partial charge in [-0.1, -0.05) is 6.07 Å². The van der Waals surface area contributed by atoms with Crippen LogP contribution in [-0.4, -0.2) is 32.0 Å². The summed E-state index contributed by atoms with van der Waals surface area (Å²) < 4.78 is 29.8. The molecular formula is C16H16N2O6S. The Morgan fingerprint density at radius 2 is 1.84 bits per heavy atom. The molecule has 0 aromatic heterocycles. The molecule has 2 rings (SSSR count). The van der Waals surface area contributed by atoms with Gasteiger partial charge < -0.3 is 4.74 Å². The van der Waals surface area contributed by atoms with E-state index in [1.165, 1.54) is 36.4 Å². The Morgan fingerprint density at radius 1 is 1.20 bits per heavy atom. The summed E-state index contributed by atoms with van der Waals surface area (Å²) >= 11 is 0. The van der Waals surface area contributed by atoms with Crippen LogP contribution in [-0.2, 0) is 10.0 Å². The Bertz CT molecular complexity index is 907. The summed E-state index contributed by atoms with van der Waals surface area (Å²) in [4.78, 5) is 22.6. The number of anilines is 1. The van der Waals surface area contributed by atoms with Crippen LogP contribution < -0.4 is 9.46 Å². The predicted octanol–water partition coefficient (Wildman–Crippen LogP) is 2.54. The second kappa shape index (κ2) is 7.31. The molecule has 132 valence electrons. The lowest BCUT2D eigenvalue weighted by Gasteiger charge is -2.08. The van der Waals surface area contributed by atoms with Gasteiger partial charge in [-0.3, -0.25) is 19.6 Å². The molecule has 2 aromatic carbocycles. The van der Waals surface area contributed by atoms with Crippen molar-refractivity contribution < 1.29 is 22.9 Å². The monoisotopic (exact) mass is 364 g/mol. The fourth-order valence-electron chi connectivity index (χ4n) is 2.06. The quantitative estimate of drug-likeness (QED) is 0.458. The first-order chi connectivity index (χ1) is 11.7. The molecule has 8 nitrogen and oxygen atoms in total. The van der Waals surface area contributed by atoms with Gasteiger partial charge in [-0.15, -0.1) is 0 Å². The highest BCUT2D eigenvalue weighted by Crippen LogP contribution is 2.27. The van der Waals surface area contributed by atoms with Gasteiger partial charge in [-0.2, -0.15) is 0 Å². The van der Waals surface area contributed by atoms with Crippen molar-refractivity contribution in [2.24, 2.45) is 0 Å². The lowest BCUT2D eigenvalue weighted by Crippen LogP contribution is -2.13. The molecule has 0 fully saturated rings. The number of carbonyl (C=O) groups is 1. The van der Waals surface area contributed by atoms with Crippen LogP contribution in [0, 0.1) is 17.0 Å². The molecule has 0 heterocycles. The van der Waals surface area contributed by atoms with Crippen LogP contribution in [0.3, 0.4) is 0 Å². The molecule has 0 bridgehead atoms. The molecule has 0 saturated carbocycles. The van der Waals surface area contributed by atoms with E-state index >= 15 is 0 Å². The Hall–Kier alpha value is -2.94. The molecular weight excluding hydrogens is 348 g/mol. The number of nitrogens with one attached hydrogen (secondary N) is 1. The van der Waals surface area contributed by atoms with Crippen LogP contribution in [0.4, 0.5) is 11.4 Å². The minimum atomic E-state index is -3.40. The summed E-state index contributed by atoms with van der Waals surface area (Å²) in [5.41, 5.74) is 1.13. The average molecular weight is 364 g/mol. The van der Waals surface area contributed by atoms with E-state index in [1.54, 1.807) is 13.0 Å². The number of ketones is 1. The van der Waals surface area contributed by atoms with Crippen LogP contribution in [0.1, 0.15) is 15.9 Å². The second-order valence-electron chi connectivity index (χ2n) is 5.39. The van der Waals surface area contributed by atoms with Crippen LogP contribution >= 0.6 is 0 Å². The van der Waals surface area contributed by atoms with Crippen molar-refractivity contribution in [3.63, 3.8) is 0 Å². The molecule has 0 atom stereocenters. The first-order valence-corrected chi connectivity index (χ1v) is 9.04.